The van der Waals surface area contributed by atoms with Crippen molar-refractivity contribution in [2.75, 3.05) is 0 Å². The minimum absolute atomic E-state index is 0. The summed E-state index contributed by atoms with van der Waals surface area (Å²) < 4.78 is 0. The summed E-state index contributed by atoms with van der Waals surface area (Å²) in [5.74, 6) is 7.57. The number of carbonyl (C=O) groups excluding carboxylic acids is 1. The maximum absolute atomic E-state index is 9.06. The first-order valence-electron chi connectivity index (χ1n) is 12.5. The minimum atomic E-state index is 0. The monoisotopic (exact) mass is 416 g/mol. The van der Waals surface area contributed by atoms with Crippen molar-refractivity contribution in [1.29, 1.82) is 0 Å². The second-order valence-corrected chi connectivity index (χ2v) is 11.7. The summed E-state index contributed by atoms with van der Waals surface area (Å²) in [7, 11) is 0. The number of fused-ring (bicyclic) bond motifs is 7. The predicted molar refractivity (Wildman–Crippen MR) is 131 cm³/mol. The lowest BCUT2D eigenvalue weighted by Crippen LogP contribution is -2.59. The molecule has 30 heavy (non-hydrogen) atoms. The maximum Gasteiger partial charge on any atom is 0.142 e. The SMILES string of the molecule is C.C.C=CC=O.CC1CCCC2(C)C1CCC1(C)C3CCC4CCCC4C3CCC21. The van der Waals surface area contributed by atoms with Crippen LogP contribution in [0.5, 0.6) is 0 Å². The van der Waals surface area contributed by atoms with Gasteiger partial charge in [-0.05, 0) is 110 Å². The first-order valence-corrected chi connectivity index (χ1v) is 12.5. The third-order valence-corrected chi connectivity index (χ3v) is 10.9. The Balaban J connectivity index is 0.000000494. The van der Waals surface area contributed by atoms with Crippen LogP contribution in [0.15, 0.2) is 12.7 Å². The fourth-order valence-corrected chi connectivity index (χ4v) is 9.87. The smallest absolute Gasteiger partial charge is 0.142 e. The van der Waals surface area contributed by atoms with Gasteiger partial charge < -0.3 is 0 Å². The number of rotatable bonds is 1. The molecular weight excluding hydrogens is 364 g/mol. The quantitative estimate of drug-likeness (QED) is 0.308. The number of carbonyl (C=O) groups is 1. The van der Waals surface area contributed by atoms with Crippen LogP contribution >= 0.6 is 0 Å². The van der Waals surface area contributed by atoms with E-state index in [0.717, 1.165) is 41.4 Å². The number of hydrogen-bond donors (Lipinski definition) is 0. The summed E-state index contributed by atoms with van der Waals surface area (Å²) in [5, 5.41) is 0. The molecule has 174 valence electrons. The van der Waals surface area contributed by atoms with Crippen molar-refractivity contribution >= 4 is 6.29 Å². The van der Waals surface area contributed by atoms with Gasteiger partial charge in [0.15, 0.2) is 0 Å². The van der Waals surface area contributed by atoms with Gasteiger partial charge >= 0.3 is 0 Å². The summed E-state index contributed by atoms with van der Waals surface area (Å²) in [4.78, 5) is 9.06. The van der Waals surface area contributed by atoms with Gasteiger partial charge in [-0.25, -0.2) is 0 Å². The van der Waals surface area contributed by atoms with Crippen molar-refractivity contribution in [2.24, 2.45) is 52.3 Å². The van der Waals surface area contributed by atoms with Crippen molar-refractivity contribution in [3.63, 3.8) is 0 Å². The van der Waals surface area contributed by atoms with Crippen molar-refractivity contribution < 1.29 is 4.79 Å². The first kappa shape index (κ1) is 25.7. The molecule has 1 heteroatoms. The summed E-state index contributed by atoms with van der Waals surface area (Å²) in [6, 6.07) is 0. The topological polar surface area (TPSA) is 17.1 Å². The Kier molecular flexibility index (Phi) is 8.48. The van der Waals surface area contributed by atoms with E-state index < -0.39 is 0 Å². The van der Waals surface area contributed by atoms with Crippen LogP contribution in [0.3, 0.4) is 0 Å². The molecule has 0 spiro atoms. The molecule has 0 N–H and O–H groups in total. The standard InChI is InChI=1S/C24H40.C3H4O.2CH4/c1-16-6-5-14-23(2)20(16)13-15-24(3)21-11-9-17-7-4-8-18(17)19(21)10-12-22(23)24;1-2-3-4;;/h16-22H,4-15H2,1-3H3;2-3H,1H2;2*1H4. The van der Waals surface area contributed by atoms with E-state index in [4.69, 9.17) is 4.79 Å². The van der Waals surface area contributed by atoms with Crippen LogP contribution < -0.4 is 0 Å². The second-order valence-electron chi connectivity index (χ2n) is 11.7. The molecule has 0 saturated heterocycles. The summed E-state index contributed by atoms with van der Waals surface area (Å²) in [6.45, 7) is 11.2. The lowest BCUT2D eigenvalue weighted by Gasteiger charge is -2.66. The molecule has 0 amide bonds. The highest BCUT2D eigenvalue weighted by Gasteiger charge is 2.61. The minimum Gasteiger partial charge on any atom is -0.299 e. The van der Waals surface area contributed by atoms with E-state index in [2.05, 4.69) is 27.4 Å². The van der Waals surface area contributed by atoms with E-state index >= 15 is 0 Å². The predicted octanol–water partition coefficient (Wildman–Crippen LogP) is 8.73. The van der Waals surface area contributed by atoms with E-state index in [1.165, 1.54) is 18.9 Å². The Morgan fingerprint density at radius 3 is 2.17 bits per heavy atom. The largest absolute Gasteiger partial charge is 0.299 e. The van der Waals surface area contributed by atoms with Crippen molar-refractivity contribution in [3.8, 4) is 0 Å². The van der Waals surface area contributed by atoms with E-state index in [1.54, 1.807) is 64.2 Å². The molecule has 0 radical (unpaired) electrons. The van der Waals surface area contributed by atoms with Crippen LogP contribution in [0.1, 0.15) is 113 Å². The molecule has 0 aromatic rings. The lowest BCUT2D eigenvalue weighted by atomic mass is 9.38. The van der Waals surface area contributed by atoms with Gasteiger partial charge in [-0.1, -0.05) is 67.9 Å². The molecule has 5 fully saturated rings. The molecule has 5 saturated carbocycles. The number of aldehydes is 1. The zero-order valence-electron chi connectivity index (χ0n) is 18.8. The van der Waals surface area contributed by atoms with Gasteiger partial charge in [0.1, 0.15) is 6.29 Å². The van der Waals surface area contributed by atoms with Crippen molar-refractivity contribution in [3.05, 3.63) is 12.7 Å². The van der Waals surface area contributed by atoms with E-state index in [0.29, 0.717) is 17.1 Å². The molecule has 0 bridgehead atoms. The Morgan fingerprint density at radius 1 is 0.767 bits per heavy atom. The molecule has 0 aromatic heterocycles. The Morgan fingerprint density at radius 2 is 1.47 bits per heavy atom. The average molecular weight is 417 g/mol. The van der Waals surface area contributed by atoms with Gasteiger partial charge in [-0.3, -0.25) is 4.79 Å². The normalized spacial score (nSPS) is 48.6. The Bertz CT molecular complexity index is 575. The molecular formula is C29H52O. The van der Waals surface area contributed by atoms with Crippen molar-refractivity contribution in [1.82, 2.24) is 0 Å². The second kappa shape index (κ2) is 9.91. The van der Waals surface area contributed by atoms with Crippen LogP contribution in [0.25, 0.3) is 0 Å². The first-order chi connectivity index (χ1) is 13.5. The molecule has 9 atom stereocenters. The van der Waals surface area contributed by atoms with Crippen molar-refractivity contribution in [2.45, 2.75) is 113 Å². The zero-order chi connectivity index (χ0) is 19.9. The fraction of sp³-hybridized carbons (Fsp3) is 0.897. The van der Waals surface area contributed by atoms with Crippen LogP contribution in [0.4, 0.5) is 0 Å². The Labute approximate surface area is 188 Å². The third kappa shape index (κ3) is 3.97. The van der Waals surface area contributed by atoms with E-state index in [1.807, 2.05) is 0 Å². The molecule has 5 aliphatic carbocycles. The number of allylic oxidation sites excluding steroid dienone is 1. The third-order valence-electron chi connectivity index (χ3n) is 10.9. The van der Waals surface area contributed by atoms with Crippen LogP contribution in [-0.4, -0.2) is 6.29 Å². The van der Waals surface area contributed by atoms with Crippen LogP contribution in [-0.2, 0) is 4.79 Å². The molecule has 0 aliphatic heterocycles. The summed E-state index contributed by atoms with van der Waals surface area (Å²) in [6.07, 6.45) is 20.6. The summed E-state index contributed by atoms with van der Waals surface area (Å²) in [5.41, 5.74) is 1.38. The molecule has 0 aromatic carbocycles. The summed E-state index contributed by atoms with van der Waals surface area (Å²) >= 11 is 0. The fourth-order valence-electron chi connectivity index (χ4n) is 9.87. The van der Waals surface area contributed by atoms with Gasteiger partial charge in [-0.15, -0.1) is 0 Å². The van der Waals surface area contributed by atoms with E-state index in [9.17, 15) is 0 Å². The van der Waals surface area contributed by atoms with Gasteiger partial charge in [0.05, 0.1) is 0 Å². The van der Waals surface area contributed by atoms with Gasteiger partial charge in [0.25, 0.3) is 0 Å². The van der Waals surface area contributed by atoms with E-state index in [-0.39, 0.29) is 14.9 Å². The van der Waals surface area contributed by atoms with Crippen LogP contribution in [0.2, 0.25) is 0 Å². The number of hydrogen-bond acceptors (Lipinski definition) is 1. The van der Waals surface area contributed by atoms with Gasteiger partial charge in [0, 0.05) is 0 Å². The molecule has 5 rings (SSSR count). The highest BCUT2D eigenvalue weighted by Crippen LogP contribution is 2.70. The molecule has 5 aliphatic rings. The van der Waals surface area contributed by atoms with Gasteiger partial charge in [0.2, 0.25) is 0 Å². The maximum atomic E-state index is 9.06. The van der Waals surface area contributed by atoms with Crippen LogP contribution in [0, 0.1) is 52.3 Å². The Hall–Kier alpha value is -0.590. The zero-order valence-corrected chi connectivity index (χ0v) is 18.8. The highest BCUT2D eigenvalue weighted by molar-refractivity contribution is 5.63. The molecule has 1 nitrogen and oxygen atoms in total. The lowest BCUT2D eigenvalue weighted by molar-refractivity contribution is -0.174. The van der Waals surface area contributed by atoms with Gasteiger partial charge in [-0.2, -0.15) is 0 Å². The molecule has 9 unspecified atom stereocenters. The average Bonchev–Trinajstić information content (AvgIpc) is 3.17. The highest BCUT2D eigenvalue weighted by atomic mass is 16.1. The molecule has 0 heterocycles.